The van der Waals surface area contributed by atoms with Crippen molar-refractivity contribution < 1.29 is 9.13 Å². The number of hydrogen-bond acceptors (Lipinski definition) is 1. The maximum Gasteiger partial charge on any atom is 0.127 e. The van der Waals surface area contributed by atoms with Crippen LogP contribution in [0.1, 0.15) is 35.4 Å². The Bertz CT molecular complexity index is 578. The average Bonchev–Trinajstić information content (AvgIpc) is 2.41. The van der Waals surface area contributed by atoms with E-state index in [0.717, 1.165) is 16.9 Å². The van der Waals surface area contributed by atoms with E-state index in [1.807, 2.05) is 51.1 Å². The van der Waals surface area contributed by atoms with E-state index in [-0.39, 0.29) is 16.7 Å². The molecule has 0 radical (unpaired) electrons. The summed E-state index contributed by atoms with van der Waals surface area (Å²) in [5.41, 5.74) is 2.71. The highest BCUT2D eigenvalue weighted by Gasteiger charge is 2.15. The molecular weight excluding hydrogens is 319 g/mol. The van der Waals surface area contributed by atoms with Crippen molar-refractivity contribution in [1.29, 1.82) is 0 Å². The first-order chi connectivity index (χ1) is 9.47. The molecule has 1 atom stereocenters. The Kier molecular flexibility index (Phi) is 4.81. The lowest BCUT2D eigenvalue weighted by Crippen LogP contribution is -2.05. The Labute approximate surface area is 127 Å². The van der Waals surface area contributed by atoms with Gasteiger partial charge in [-0.05, 0) is 44.5 Å². The fourth-order valence-corrected chi connectivity index (χ4v) is 2.68. The highest BCUT2D eigenvalue weighted by Crippen LogP contribution is 2.33. The fourth-order valence-electron chi connectivity index (χ4n) is 2.02. The standard InChI is InChI=1S/C17H18BrFO/c1-11(2)20-14-7-5-13(6-8-14)17(18)15-10-12(3)4-9-16(15)19/h4-11,17H,1-3H3. The van der Waals surface area contributed by atoms with Gasteiger partial charge in [0.25, 0.3) is 0 Å². The minimum absolute atomic E-state index is 0.148. The summed E-state index contributed by atoms with van der Waals surface area (Å²) in [5.74, 6) is 0.633. The topological polar surface area (TPSA) is 9.23 Å². The molecule has 1 nitrogen and oxygen atoms in total. The molecule has 2 aromatic rings. The smallest absolute Gasteiger partial charge is 0.127 e. The van der Waals surface area contributed by atoms with E-state index in [1.54, 1.807) is 6.07 Å². The predicted molar refractivity (Wildman–Crippen MR) is 84.1 cm³/mol. The quantitative estimate of drug-likeness (QED) is 0.678. The number of hydrogen-bond donors (Lipinski definition) is 0. The number of alkyl halides is 1. The van der Waals surface area contributed by atoms with Gasteiger partial charge in [0.2, 0.25) is 0 Å². The fraction of sp³-hybridized carbons (Fsp3) is 0.294. The first-order valence-corrected chi connectivity index (χ1v) is 7.55. The molecule has 0 heterocycles. The molecule has 0 fully saturated rings. The molecule has 20 heavy (non-hydrogen) atoms. The van der Waals surface area contributed by atoms with Crippen molar-refractivity contribution in [1.82, 2.24) is 0 Å². The largest absolute Gasteiger partial charge is 0.491 e. The van der Waals surface area contributed by atoms with Crippen molar-refractivity contribution >= 4 is 15.9 Å². The number of aryl methyl sites for hydroxylation is 1. The number of ether oxygens (including phenoxy) is 1. The second kappa shape index (κ2) is 6.40. The SMILES string of the molecule is Cc1ccc(F)c(C(Br)c2ccc(OC(C)C)cc2)c1. The molecule has 0 aromatic heterocycles. The summed E-state index contributed by atoms with van der Waals surface area (Å²) in [7, 11) is 0. The number of benzene rings is 2. The Balaban J connectivity index is 2.24. The third-order valence-corrected chi connectivity index (χ3v) is 3.99. The molecule has 0 aliphatic heterocycles. The molecule has 2 rings (SSSR count). The van der Waals surface area contributed by atoms with Crippen LogP contribution in [0.2, 0.25) is 0 Å². The van der Waals surface area contributed by atoms with E-state index in [9.17, 15) is 4.39 Å². The van der Waals surface area contributed by atoms with Crippen molar-refractivity contribution in [3.63, 3.8) is 0 Å². The summed E-state index contributed by atoms with van der Waals surface area (Å²) >= 11 is 3.57. The molecule has 0 saturated heterocycles. The summed E-state index contributed by atoms with van der Waals surface area (Å²) in [5, 5.41) is 0. The van der Waals surface area contributed by atoms with Crippen LogP contribution in [0.3, 0.4) is 0 Å². The van der Waals surface area contributed by atoms with Crippen LogP contribution < -0.4 is 4.74 Å². The number of halogens is 2. The van der Waals surface area contributed by atoms with Crippen molar-refractivity contribution in [2.45, 2.75) is 31.7 Å². The van der Waals surface area contributed by atoms with Crippen LogP contribution in [0.25, 0.3) is 0 Å². The van der Waals surface area contributed by atoms with Crippen LogP contribution in [0.15, 0.2) is 42.5 Å². The van der Waals surface area contributed by atoms with Gasteiger partial charge < -0.3 is 4.74 Å². The van der Waals surface area contributed by atoms with Crippen LogP contribution in [0, 0.1) is 12.7 Å². The Morgan fingerprint density at radius 1 is 1.05 bits per heavy atom. The van der Waals surface area contributed by atoms with Crippen molar-refractivity contribution in [3.8, 4) is 5.75 Å². The highest BCUT2D eigenvalue weighted by atomic mass is 79.9. The third-order valence-electron chi connectivity index (χ3n) is 2.97. The lowest BCUT2D eigenvalue weighted by Gasteiger charge is -2.14. The zero-order valence-electron chi connectivity index (χ0n) is 11.9. The summed E-state index contributed by atoms with van der Waals surface area (Å²) < 4.78 is 19.5. The highest BCUT2D eigenvalue weighted by molar-refractivity contribution is 9.09. The van der Waals surface area contributed by atoms with E-state index in [1.165, 1.54) is 6.07 Å². The van der Waals surface area contributed by atoms with Gasteiger partial charge in [-0.2, -0.15) is 0 Å². The lowest BCUT2D eigenvalue weighted by atomic mass is 10.0. The summed E-state index contributed by atoms with van der Waals surface area (Å²) in [6.07, 6.45) is 0.148. The van der Waals surface area contributed by atoms with Gasteiger partial charge in [-0.1, -0.05) is 45.8 Å². The van der Waals surface area contributed by atoms with Crippen LogP contribution in [0.5, 0.6) is 5.75 Å². The van der Waals surface area contributed by atoms with E-state index in [2.05, 4.69) is 15.9 Å². The molecular formula is C17H18BrFO. The van der Waals surface area contributed by atoms with Gasteiger partial charge in [-0.25, -0.2) is 4.39 Å². The molecule has 106 valence electrons. The molecule has 0 saturated carbocycles. The minimum Gasteiger partial charge on any atom is -0.491 e. The van der Waals surface area contributed by atoms with Gasteiger partial charge in [0.1, 0.15) is 11.6 Å². The summed E-state index contributed by atoms with van der Waals surface area (Å²) in [6.45, 7) is 5.94. The summed E-state index contributed by atoms with van der Waals surface area (Å²) in [6, 6.07) is 12.9. The van der Waals surface area contributed by atoms with Gasteiger partial charge in [-0.3, -0.25) is 0 Å². The summed E-state index contributed by atoms with van der Waals surface area (Å²) in [4.78, 5) is -0.157. The second-order valence-corrected chi connectivity index (χ2v) is 6.04. The van der Waals surface area contributed by atoms with E-state index in [4.69, 9.17) is 4.74 Å². The second-order valence-electron chi connectivity index (χ2n) is 5.12. The van der Waals surface area contributed by atoms with Crippen molar-refractivity contribution in [2.24, 2.45) is 0 Å². The first kappa shape index (κ1) is 15.0. The molecule has 1 unspecified atom stereocenters. The van der Waals surface area contributed by atoms with Gasteiger partial charge >= 0.3 is 0 Å². The van der Waals surface area contributed by atoms with E-state index in [0.29, 0.717) is 5.56 Å². The monoisotopic (exact) mass is 336 g/mol. The van der Waals surface area contributed by atoms with Gasteiger partial charge in [0.15, 0.2) is 0 Å². The zero-order valence-corrected chi connectivity index (χ0v) is 13.4. The van der Waals surface area contributed by atoms with Gasteiger partial charge in [0.05, 0.1) is 10.9 Å². The Morgan fingerprint density at radius 3 is 2.30 bits per heavy atom. The molecule has 0 aliphatic carbocycles. The maximum atomic E-state index is 13.9. The van der Waals surface area contributed by atoms with Crippen molar-refractivity contribution in [3.05, 3.63) is 65.0 Å². The van der Waals surface area contributed by atoms with E-state index < -0.39 is 0 Å². The normalized spacial score (nSPS) is 12.5. The number of rotatable bonds is 4. The molecule has 0 N–H and O–H groups in total. The maximum absolute atomic E-state index is 13.9. The third kappa shape index (κ3) is 3.60. The average molecular weight is 337 g/mol. The molecule has 0 aliphatic rings. The van der Waals surface area contributed by atoms with E-state index >= 15 is 0 Å². The Hall–Kier alpha value is -1.35. The molecule has 0 bridgehead atoms. The van der Waals surface area contributed by atoms with Gasteiger partial charge in [-0.15, -0.1) is 0 Å². The van der Waals surface area contributed by atoms with Crippen LogP contribution in [0.4, 0.5) is 4.39 Å². The first-order valence-electron chi connectivity index (χ1n) is 6.64. The molecule has 0 amide bonds. The Morgan fingerprint density at radius 2 is 1.70 bits per heavy atom. The predicted octanol–water partition coefficient (Wildman–Crippen LogP) is 5.41. The van der Waals surface area contributed by atoms with Crippen molar-refractivity contribution in [2.75, 3.05) is 0 Å². The van der Waals surface area contributed by atoms with Crippen LogP contribution in [-0.2, 0) is 0 Å². The molecule has 3 heteroatoms. The minimum atomic E-state index is -0.194. The molecule has 2 aromatic carbocycles. The molecule has 0 spiro atoms. The lowest BCUT2D eigenvalue weighted by molar-refractivity contribution is 0.242. The zero-order chi connectivity index (χ0) is 14.7. The van der Waals surface area contributed by atoms with Gasteiger partial charge in [0, 0.05) is 5.56 Å². The van der Waals surface area contributed by atoms with Crippen LogP contribution in [-0.4, -0.2) is 6.10 Å². The van der Waals surface area contributed by atoms with Crippen LogP contribution >= 0.6 is 15.9 Å².